The number of hydrogen-bond donors (Lipinski definition) is 1. The van der Waals surface area contributed by atoms with Crippen LogP contribution in [0.3, 0.4) is 0 Å². The Labute approximate surface area is 90.2 Å². The molecule has 0 saturated heterocycles. The van der Waals surface area contributed by atoms with Gasteiger partial charge in [-0.05, 0) is 30.5 Å². The van der Waals surface area contributed by atoms with Crippen LogP contribution >= 0.6 is 0 Å². The highest BCUT2D eigenvalue weighted by atomic mass is 16.5. The molecule has 0 bridgehead atoms. The van der Waals surface area contributed by atoms with Crippen LogP contribution in [-0.4, -0.2) is 18.3 Å². The van der Waals surface area contributed by atoms with E-state index >= 15 is 0 Å². The number of allylic oxidation sites excluding steroid dienone is 1. The van der Waals surface area contributed by atoms with Crippen LogP contribution in [-0.2, 0) is 0 Å². The Morgan fingerprint density at radius 2 is 2.00 bits per heavy atom. The lowest BCUT2D eigenvalue weighted by molar-refractivity contribution is 0.145. The van der Waals surface area contributed by atoms with Crippen molar-refractivity contribution in [3.8, 4) is 5.75 Å². The Hall–Kier alpha value is -1.28. The summed E-state index contributed by atoms with van der Waals surface area (Å²) in [4.78, 5) is 0. The first-order valence-corrected chi connectivity index (χ1v) is 5.30. The van der Waals surface area contributed by atoms with Crippen LogP contribution in [0.15, 0.2) is 36.4 Å². The third-order valence-corrected chi connectivity index (χ3v) is 2.89. The highest BCUT2D eigenvalue weighted by Crippen LogP contribution is 2.29. The molecular formula is C13H16O2. The maximum Gasteiger partial charge on any atom is 0.118 e. The standard InChI is InChI=1S/C13H16O2/c1-15-11-8-6-10(7-9-11)12-4-2-3-5-13(12)14/h2,4,6-9,12-14H,3,5H2,1H3/t12-,13+/m0/s1. The summed E-state index contributed by atoms with van der Waals surface area (Å²) in [6, 6.07) is 7.90. The zero-order valence-electron chi connectivity index (χ0n) is 8.89. The highest BCUT2D eigenvalue weighted by molar-refractivity contribution is 5.32. The molecule has 0 aromatic heterocycles. The van der Waals surface area contributed by atoms with E-state index in [0.29, 0.717) is 0 Å². The van der Waals surface area contributed by atoms with Crippen molar-refractivity contribution in [3.05, 3.63) is 42.0 Å². The Bertz CT molecular complexity index is 340. The first kappa shape index (κ1) is 10.2. The molecule has 0 aliphatic heterocycles. The minimum Gasteiger partial charge on any atom is -0.497 e. The van der Waals surface area contributed by atoms with Crippen molar-refractivity contribution in [2.75, 3.05) is 7.11 Å². The molecule has 80 valence electrons. The quantitative estimate of drug-likeness (QED) is 0.750. The van der Waals surface area contributed by atoms with Crippen molar-refractivity contribution >= 4 is 0 Å². The first-order valence-electron chi connectivity index (χ1n) is 5.30. The lowest BCUT2D eigenvalue weighted by Crippen LogP contribution is -2.19. The zero-order valence-corrected chi connectivity index (χ0v) is 8.89. The molecule has 0 heterocycles. The van der Waals surface area contributed by atoms with Gasteiger partial charge >= 0.3 is 0 Å². The highest BCUT2D eigenvalue weighted by Gasteiger charge is 2.20. The van der Waals surface area contributed by atoms with Gasteiger partial charge in [-0.15, -0.1) is 0 Å². The van der Waals surface area contributed by atoms with Gasteiger partial charge in [-0.1, -0.05) is 24.3 Å². The molecule has 0 amide bonds. The van der Waals surface area contributed by atoms with Gasteiger partial charge in [-0.3, -0.25) is 0 Å². The van der Waals surface area contributed by atoms with E-state index in [-0.39, 0.29) is 12.0 Å². The summed E-state index contributed by atoms with van der Waals surface area (Å²) in [6.45, 7) is 0. The summed E-state index contributed by atoms with van der Waals surface area (Å²) in [5.41, 5.74) is 1.15. The van der Waals surface area contributed by atoms with Crippen LogP contribution in [0.25, 0.3) is 0 Å². The summed E-state index contributed by atoms with van der Waals surface area (Å²) in [5.74, 6) is 0.998. The van der Waals surface area contributed by atoms with E-state index in [4.69, 9.17) is 4.74 Å². The number of hydrogen-bond acceptors (Lipinski definition) is 2. The van der Waals surface area contributed by atoms with Crippen LogP contribution in [0, 0.1) is 0 Å². The van der Waals surface area contributed by atoms with Crippen molar-refractivity contribution in [2.45, 2.75) is 24.9 Å². The van der Waals surface area contributed by atoms with E-state index in [9.17, 15) is 5.11 Å². The molecule has 15 heavy (non-hydrogen) atoms. The summed E-state index contributed by atoms with van der Waals surface area (Å²) < 4.78 is 5.10. The van der Waals surface area contributed by atoms with Crippen molar-refractivity contribution < 1.29 is 9.84 Å². The van der Waals surface area contributed by atoms with Gasteiger partial charge in [0.15, 0.2) is 0 Å². The fraction of sp³-hybridized carbons (Fsp3) is 0.385. The van der Waals surface area contributed by atoms with Crippen molar-refractivity contribution in [1.82, 2.24) is 0 Å². The Balaban J connectivity index is 2.21. The van der Waals surface area contributed by atoms with E-state index in [1.165, 1.54) is 0 Å². The monoisotopic (exact) mass is 204 g/mol. The smallest absolute Gasteiger partial charge is 0.118 e. The Morgan fingerprint density at radius 3 is 2.60 bits per heavy atom. The van der Waals surface area contributed by atoms with E-state index in [2.05, 4.69) is 12.2 Å². The van der Waals surface area contributed by atoms with Crippen molar-refractivity contribution in [3.63, 3.8) is 0 Å². The summed E-state index contributed by atoms with van der Waals surface area (Å²) in [7, 11) is 1.66. The molecule has 0 unspecified atom stereocenters. The molecule has 2 atom stereocenters. The zero-order chi connectivity index (χ0) is 10.7. The molecule has 2 nitrogen and oxygen atoms in total. The molecule has 0 spiro atoms. The Kier molecular flexibility index (Phi) is 3.07. The number of rotatable bonds is 2. The molecular weight excluding hydrogens is 188 g/mol. The van der Waals surface area contributed by atoms with Gasteiger partial charge in [-0.2, -0.15) is 0 Å². The van der Waals surface area contributed by atoms with E-state index in [1.54, 1.807) is 7.11 Å². The van der Waals surface area contributed by atoms with Gasteiger partial charge in [0.1, 0.15) is 5.75 Å². The number of aliphatic hydroxyl groups is 1. The van der Waals surface area contributed by atoms with Crippen LogP contribution in [0.1, 0.15) is 24.3 Å². The lowest BCUT2D eigenvalue weighted by Gasteiger charge is -2.23. The maximum absolute atomic E-state index is 9.87. The van der Waals surface area contributed by atoms with Crippen LogP contribution < -0.4 is 4.74 Å². The summed E-state index contributed by atoms with van der Waals surface area (Å²) >= 11 is 0. The van der Waals surface area contributed by atoms with E-state index in [0.717, 1.165) is 24.2 Å². The SMILES string of the molecule is COc1ccc([C@@H]2C=CCC[C@H]2O)cc1. The fourth-order valence-electron chi connectivity index (χ4n) is 1.98. The van der Waals surface area contributed by atoms with Gasteiger partial charge in [-0.25, -0.2) is 0 Å². The average molecular weight is 204 g/mol. The fourth-order valence-corrected chi connectivity index (χ4v) is 1.98. The Morgan fingerprint density at radius 1 is 1.27 bits per heavy atom. The third-order valence-electron chi connectivity index (χ3n) is 2.89. The molecule has 2 heteroatoms. The molecule has 1 aliphatic rings. The van der Waals surface area contributed by atoms with Gasteiger partial charge in [0.2, 0.25) is 0 Å². The van der Waals surface area contributed by atoms with Crippen molar-refractivity contribution in [2.24, 2.45) is 0 Å². The van der Waals surface area contributed by atoms with Crippen LogP contribution in [0.5, 0.6) is 5.75 Å². The third kappa shape index (κ3) is 2.21. The molecule has 0 fully saturated rings. The average Bonchev–Trinajstić information content (AvgIpc) is 2.30. The number of methoxy groups -OCH3 is 1. The molecule has 0 saturated carbocycles. The minimum absolute atomic E-state index is 0.143. The molecule has 1 aliphatic carbocycles. The normalized spacial score (nSPS) is 25.2. The second kappa shape index (κ2) is 4.49. The van der Waals surface area contributed by atoms with Crippen molar-refractivity contribution in [1.29, 1.82) is 0 Å². The topological polar surface area (TPSA) is 29.5 Å². The molecule has 1 aromatic carbocycles. The molecule has 0 radical (unpaired) electrons. The van der Waals surface area contributed by atoms with Gasteiger partial charge in [0.05, 0.1) is 13.2 Å². The first-order chi connectivity index (χ1) is 7.31. The maximum atomic E-state index is 9.87. The number of benzene rings is 1. The number of ether oxygens (including phenoxy) is 1. The minimum atomic E-state index is -0.247. The summed E-state index contributed by atoms with van der Waals surface area (Å²) in [5, 5.41) is 9.87. The van der Waals surface area contributed by atoms with E-state index < -0.39 is 0 Å². The predicted molar refractivity (Wildman–Crippen MR) is 60.1 cm³/mol. The van der Waals surface area contributed by atoms with Gasteiger partial charge < -0.3 is 9.84 Å². The molecule has 1 N–H and O–H groups in total. The van der Waals surface area contributed by atoms with Crippen LogP contribution in [0.4, 0.5) is 0 Å². The second-order valence-corrected chi connectivity index (χ2v) is 3.87. The van der Waals surface area contributed by atoms with Gasteiger partial charge in [0.25, 0.3) is 0 Å². The van der Waals surface area contributed by atoms with Crippen LogP contribution in [0.2, 0.25) is 0 Å². The summed E-state index contributed by atoms with van der Waals surface area (Å²) in [6.07, 6.45) is 5.82. The van der Waals surface area contributed by atoms with Gasteiger partial charge in [0, 0.05) is 5.92 Å². The largest absolute Gasteiger partial charge is 0.497 e. The van der Waals surface area contributed by atoms with E-state index in [1.807, 2.05) is 24.3 Å². The number of aliphatic hydroxyl groups excluding tert-OH is 1. The second-order valence-electron chi connectivity index (χ2n) is 3.87. The molecule has 2 rings (SSSR count). The lowest BCUT2D eigenvalue weighted by atomic mass is 9.87. The molecule has 1 aromatic rings. The predicted octanol–water partition coefficient (Wildman–Crippen LogP) is 2.49.